The van der Waals surface area contributed by atoms with Crippen LogP contribution in [-0.2, 0) is 0 Å². The van der Waals surface area contributed by atoms with E-state index in [0.717, 1.165) is 17.0 Å². The fourth-order valence-electron chi connectivity index (χ4n) is 1.61. The normalized spacial score (nSPS) is 12.4. The van der Waals surface area contributed by atoms with Crippen LogP contribution in [0.3, 0.4) is 0 Å². The van der Waals surface area contributed by atoms with E-state index in [4.69, 9.17) is 0 Å². The van der Waals surface area contributed by atoms with Crippen molar-refractivity contribution in [3.05, 3.63) is 59.2 Å². The van der Waals surface area contributed by atoms with E-state index >= 15 is 0 Å². The van der Waals surface area contributed by atoms with Gasteiger partial charge >= 0.3 is 0 Å². The second kappa shape index (κ2) is 4.41. The van der Waals surface area contributed by atoms with Crippen molar-refractivity contribution in [1.29, 1.82) is 0 Å². The Morgan fingerprint density at radius 1 is 1.12 bits per heavy atom. The Balaban J connectivity index is 2.41. The maximum Gasteiger partial charge on any atom is 0.123 e. The van der Waals surface area contributed by atoms with Crippen LogP contribution >= 0.6 is 0 Å². The molecule has 2 aromatic rings. The Kier molecular flexibility index (Phi) is 2.97. The molecule has 1 heterocycles. The highest BCUT2D eigenvalue weighted by molar-refractivity contribution is 5.27. The van der Waals surface area contributed by atoms with Gasteiger partial charge in [0.25, 0.3) is 0 Å². The number of nitrogens with zero attached hydrogens (tertiary/aromatic N) is 2. The van der Waals surface area contributed by atoms with Crippen molar-refractivity contribution in [2.24, 2.45) is 0 Å². The molecule has 0 aliphatic heterocycles. The summed E-state index contributed by atoms with van der Waals surface area (Å²) >= 11 is 0. The molecule has 1 N–H and O–H groups in total. The van der Waals surface area contributed by atoms with E-state index in [1.165, 1.54) is 0 Å². The monoisotopic (exact) mass is 214 g/mol. The van der Waals surface area contributed by atoms with E-state index in [1.807, 2.05) is 44.2 Å². The molecular weight excluding hydrogens is 200 g/mol. The highest BCUT2D eigenvalue weighted by Crippen LogP contribution is 2.21. The van der Waals surface area contributed by atoms with Crippen molar-refractivity contribution in [1.82, 2.24) is 9.97 Å². The van der Waals surface area contributed by atoms with Crippen molar-refractivity contribution in [3.8, 4) is 0 Å². The molecule has 16 heavy (non-hydrogen) atoms. The van der Waals surface area contributed by atoms with Crippen LogP contribution in [-0.4, -0.2) is 15.1 Å². The van der Waals surface area contributed by atoms with Crippen LogP contribution in [0, 0.1) is 13.8 Å². The zero-order valence-corrected chi connectivity index (χ0v) is 9.38. The first-order valence-electron chi connectivity index (χ1n) is 5.21. The van der Waals surface area contributed by atoms with Gasteiger partial charge in [0.05, 0.1) is 17.1 Å². The van der Waals surface area contributed by atoms with Crippen LogP contribution in [0.2, 0.25) is 0 Å². The zero-order chi connectivity index (χ0) is 11.5. The predicted molar refractivity (Wildman–Crippen MR) is 62.0 cm³/mol. The van der Waals surface area contributed by atoms with Crippen LogP contribution in [0.1, 0.15) is 28.7 Å². The van der Waals surface area contributed by atoms with Gasteiger partial charge in [-0.05, 0) is 19.4 Å². The molecule has 2 rings (SSSR count). The van der Waals surface area contributed by atoms with E-state index < -0.39 is 6.10 Å². The van der Waals surface area contributed by atoms with Gasteiger partial charge in [-0.15, -0.1) is 0 Å². The number of aliphatic hydroxyl groups excluding tert-OH is 1. The van der Waals surface area contributed by atoms with Crippen LogP contribution in [0.5, 0.6) is 0 Å². The molecule has 1 aromatic heterocycles. The second-order valence-corrected chi connectivity index (χ2v) is 3.80. The number of hydrogen-bond donors (Lipinski definition) is 1. The van der Waals surface area contributed by atoms with Crippen molar-refractivity contribution in [3.63, 3.8) is 0 Å². The molecule has 0 saturated heterocycles. The van der Waals surface area contributed by atoms with Gasteiger partial charge in [-0.2, -0.15) is 0 Å². The van der Waals surface area contributed by atoms with Gasteiger partial charge in [0.15, 0.2) is 0 Å². The molecule has 0 aliphatic carbocycles. The Bertz CT molecular complexity index is 483. The lowest BCUT2D eigenvalue weighted by Gasteiger charge is -2.12. The minimum absolute atomic E-state index is 0.631. The molecular formula is C13H14N2O. The summed E-state index contributed by atoms with van der Waals surface area (Å²) < 4.78 is 0. The van der Waals surface area contributed by atoms with E-state index in [2.05, 4.69) is 9.97 Å². The molecule has 1 aromatic carbocycles. The van der Waals surface area contributed by atoms with Crippen molar-refractivity contribution in [2.75, 3.05) is 0 Å². The van der Waals surface area contributed by atoms with Gasteiger partial charge in [0.2, 0.25) is 0 Å². The smallest absolute Gasteiger partial charge is 0.123 e. The molecule has 82 valence electrons. The first-order chi connectivity index (χ1) is 7.68. The number of aryl methyl sites for hydroxylation is 2. The lowest BCUT2D eigenvalue weighted by atomic mass is 10.1. The molecule has 0 unspecified atom stereocenters. The van der Waals surface area contributed by atoms with Crippen LogP contribution in [0.4, 0.5) is 0 Å². The molecule has 0 saturated carbocycles. The van der Waals surface area contributed by atoms with Gasteiger partial charge in [-0.3, -0.25) is 9.97 Å². The first-order valence-corrected chi connectivity index (χ1v) is 5.21. The number of aliphatic hydroxyl groups is 1. The molecule has 0 spiro atoms. The van der Waals surface area contributed by atoms with Crippen molar-refractivity contribution < 1.29 is 5.11 Å². The quantitative estimate of drug-likeness (QED) is 0.833. The summed E-state index contributed by atoms with van der Waals surface area (Å²) in [6.45, 7) is 3.72. The van der Waals surface area contributed by atoms with Crippen molar-refractivity contribution >= 4 is 0 Å². The van der Waals surface area contributed by atoms with E-state index in [1.54, 1.807) is 6.20 Å². The lowest BCUT2D eigenvalue weighted by molar-refractivity contribution is 0.213. The highest BCUT2D eigenvalue weighted by atomic mass is 16.3. The van der Waals surface area contributed by atoms with Gasteiger partial charge < -0.3 is 5.11 Å². The summed E-state index contributed by atoms with van der Waals surface area (Å²) in [7, 11) is 0. The minimum atomic E-state index is -0.700. The van der Waals surface area contributed by atoms with Crippen LogP contribution < -0.4 is 0 Å². The van der Waals surface area contributed by atoms with E-state index in [9.17, 15) is 5.11 Å². The summed E-state index contributed by atoms with van der Waals surface area (Å²) in [5.74, 6) is 0. The number of benzene rings is 1. The van der Waals surface area contributed by atoms with Gasteiger partial charge in [-0.25, -0.2) is 0 Å². The van der Waals surface area contributed by atoms with Gasteiger partial charge in [-0.1, -0.05) is 30.3 Å². The molecule has 0 amide bonds. The number of aromatic nitrogens is 2. The maximum absolute atomic E-state index is 10.2. The fraction of sp³-hybridized carbons (Fsp3) is 0.231. The topological polar surface area (TPSA) is 46.0 Å². The van der Waals surface area contributed by atoms with E-state index in [0.29, 0.717) is 5.69 Å². The Morgan fingerprint density at radius 2 is 1.81 bits per heavy atom. The Hall–Kier alpha value is -1.74. The SMILES string of the molecule is Cc1cnc(C)c([C@@H](O)c2ccccc2)n1. The minimum Gasteiger partial charge on any atom is -0.382 e. The maximum atomic E-state index is 10.2. The first kappa shape index (κ1) is 10.8. The summed E-state index contributed by atoms with van der Waals surface area (Å²) in [5, 5.41) is 10.2. The zero-order valence-electron chi connectivity index (χ0n) is 9.38. The average Bonchev–Trinajstić information content (AvgIpc) is 2.32. The molecule has 3 heteroatoms. The van der Waals surface area contributed by atoms with E-state index in [-0.39, 0.29) is 0 Å². The molecule has 0 fully saturated rings. The third-order valence-corrected chi connectivity index (χ3v) is 2.49. The Labute approximate surface area is 94.8 Å². The molecule has 0 aliphatic rings. The second-order valence-electron chi connectivity index (χ2n) is 3.80. The third-order valence-electron chi connectivity index (χ3n) is 2.49. The third kappa shape index (κ3) is 2.09. The van der Waals surface area contributed by atoms with Gasteiger partial charge in [0, 0.05) is 6.20 Å². The van der Waals surface area contributed by atoms with Crippen LogP contribution in [0.25, 0.3) is 0 Å². The van der Waals surface area contributed by atoms with Crippen LogP contribution in [0.15, 0.2) is 36.5 Å². The van der Waals surface area contributed by atoms with Crippen molar-refractivity contribution in [2.45, 2.75) is 20.0 Å². The largest absolute Gasteiger partial charge is 0.382 e. The Morgan fingerprint density at radius 3 is 2.50 bits per heavy atom. The summed E-state index contributed by atoms with van der Waals surface area (Å²) in [6, 6.07) is 9.49. The standard InChI is InChI=1S/C13H14N2O/c1-9-8-14-10(2)12(15-9)13(16)11-6-4-3-5-7-11/h3-8,13,16H,1-2H3/t13-/m0/s1. The molecule has 0 bridgehead atoms. The summed E-state index contributed by atoms with van der Waals surface area (Å²) in [5.41, 5.74) is 3.05. The molecule has 3 nitrogen and oxygen atoms in total. The highest BCUT2D eigenvalue weighted by Gasteiger charge is 2.14. The summed E-state index contributed by atoms with van der Waals surface area (Å²) in [4.78, 5) is 8.54. The average molecular weight is 214 g/mol. The molecule has 1 atom stereocenters. The van der Waals surface area contributed by atoms with Gasteiger partial charge in [0.1, 0.15) is 6.10 Å². The lowest BCUT2D eigenvalue weighted by Crippen LogP contribution is -2.07. The number of rotatable bonds is 2. The number of hydrogen-bond acceptors (Lipinski definition) is 3. The predicted octanol–water partition coefficient (Wildman–Crippen LogP) is 2.18. The fourth-order valence-corrected chi connectivity index (χ4v) is 1.61. The summed E-state index contributed by atoms with van der Waals surface area (Å²) in [6.07, 6.45) is 1.00. The molecule has 0 radical (unpaired) electrons.